The van der Waals surface area contributed by atoms with Gasteiger partial charge in [0.15, 0.2) is 4.77 Å². The van der Waals surface area contributed by atoms with E-state index in [2.05, 4.69) is 9.97 Å². The predicted molar refractivity (Wildman–Crippen MR) is 45.8 cm³/mol. The van der Waals surface area contributed by atoms with Crippen molar-refractivity contribution >= 4 is 29.8 Å². The molecule has 12 heavy (non-hydrogen) atoms. The molecule has 0 amide bonds. The fourth-order valence-corrected chi connectivity index (χ4v) is 1.03. The molecule has 1 rings (SSSR count). The molecule has 1 heterocycles. The van der Waals surface area contributed by atoms with Crippen molar-refractivity contribution < 1.29 is 9.90 Å². The summed E-state index contributed by atoms with van der Waals surface area (Å²) < 4.78 is 0.232. The van der Waals surface area contributed by atoms with Crippen molar-refractivity contribution in [3.8, 4) is 0 Å². The van der Waals surface area contributed by atoms with Gasteiger partial charge in [-0.15, -0.1) is 0 Å². The van der Waals surface area contributed by atoms with Crippen LogP contribution in [0.25, 0.3) is 0 Å². The Kier molecular flexibility index (Phi) is 2.78. The summed E-state index contributed by atoms with van der Waals surface area (Å²) in [6.45, 7) is 0. The third kappa shape index (κ3) is 2.28. The van der Waals surface area contributed by atoms with E-state index in [4.69, 9.17) is 28.9 Å². The molecule has 6 heteroatoms. The number of rotatable bonds is 2. The molecule has 0 saturated heterocycles. The second-order valence-electron chi connectivity index (χ2n) is 2.09. The Balaban J connectivity index is 3.05. The zero-order valence-electron chi connectivity index (χ0n) is 5.87. The first kappa shape index (κ1) is 9.15. The highest BCUT2D eigenvalue weighted by molar-refractivity contribution is 7.71. The van der Waals surface area contributed by atoms with Crippen LogP contribution in [0, 0.1) is 4.77 Å². The summed E-state index contributed by atoms with van der Waals surface area (Å²) in [6.07, 6.45) is 1.16. The summed E-state index contributed by atoms with van der Waals surface area (Å²) >= 11 is 10.3. The number of nitrogens with one attached hydrogen (secondary N) is 1. The fraction of sp³-hybridized carbons (Fsp3) is 0.167. The van der Waals surface area contributed by atoms with E-state index in [1.807, 2.05) is 0 Å². The van der Waals surface area contributed by atoms with Crippen molar-refractivity contribution in [2.75, 3.05) is 0 Å². The molecule has 0 aliphatic heterocycles. The van der Waals surface area contributed by atoms with E-state index in [9.17, 15) is 4.79 Å². The van der Waals surface area contributed by atoms with Gasteiger partial charge in [0.1, 0.15) is 0 Å². The molecule has 2 N–H and O–H groups in total. The molecule has 0 unspecified atom stereocenters. The zero-order valence-corrected chi connectivity index (χ0v) is 7.45. The molecule has 0 radical (unpaired) electrons. The van der Waals surface area contributed by atoms with Crippen LogP contribution in [0.4, 0.5) is 0 Å². The summed E-state index contributed by atoms with van der Waals surface area (Å²) in [5, 5.41) is 8.73. The zero-order chi connectivity index (χ0) is 9.14. The minimum Gasteiger partial charge on any atom is -0.481 e. The molecule has 64 valence electrons. The molecule has 4 nitrogen and oxygen atoms in total. The topological polar surface area (TPSA) is 66.0 Å². The predicted octanol–water partition coefficient (Wildman–Crippen LogP) is 1.42. The molecule has 0 saturated carbocycles. The van der Waals surface area contributed by atoms with E-state index in [0.29, 0.717) is 5.69 Å². The normalized spacial score (nSPS) is 9.75. The van der Waals surface area contributed by atoms with Gasteiger partial charge in [0.05, 0.1) is 17.6 Å². The van der Waals surface area contributed by atoms with Gasteiger partial charge < -0.3 is 10.1 Å². The third-order valence-electron chi connectivity index (χ3n) is 1.17. The van der Waals surface area contributed by atoms with Gasteiger partial charge >= 0.3 is 5.97 Å². The number of carboxylic acid groups (broad SMARTS) is 1. The van der Waals surface area contributed by atoms with E-state index in [-0.39, 0.29) is 16.2 Å². The smallest absolute Gasteiger partial charge is 0.309 e. The second-order valence-corrected chi connectivity index (χ2v) is 2.88. The maximum absolute atomic E-state index is 10.3. The van der Waals surface area contributed by atoms with Gasteiger partial charge in [0, 0.05) is 5.69 Å². The minimum atomic E-state index is -0.964. The number of hydrogen-bond acceptors (Lipinski definition) is 3. The number of nitrogens with zero attached hydrogens (tertiary/aromatic N) is 1. The highest BCUT2D eigenvalue weighted by Crippen LogP contribution is 2.11. The minimum absolute atomic E-state index is 0.176. The summed E-state index contributed by atoms with van der Waals surface area (Å²) in [5.41, 5.74) is 0.379. The number of H-pyrrole nitrogens is 1. The van der Waals surface area contributed by atoms with Crippen molar-refractivity contribution in [2.45, 2.75) is 6.42 Å². The van der Waals surface area contributed by atoms with Crippen LogP contribution in [0.3, 0.4) is 0 Å². The molecule has 0 atom stereocenters. The monoisotopic (exact) mass is 204 g/mol. The van der Waals surface area contributed by atoms with Gasteiger partial charge in [0.2, 0.25) is 0 Å². The molecule has 0 aromatic carbocycles. The number of aromatic amines is 1. The van der Waals surface area contributed by atoms with Crippen LogP contribution in [-0.2, 0) is 11.2 Å². The van der Waals surface area contributed by atoms with Crippen LogP contribution < -0.4 is 0 Å². The summed E-state index contributed by atoms with van der Waals surface area (Å²) in [5.74, 6) is -0.964. The molecular weight excluding hydrogens is 200 g/mol. The maximum atomic E-state index is 10.3. The van der Waals surface area contributed by atoms with E-state index in [0.717, 1.165) is 0 Å². The Morgan fingerprint density at radius 2 is 2.50 bits per heavy atom. The second kappa shape index (κ2) is 3.64. The number of carboxylic acids is 1. The summed E-state index contributed by atoms with van der Waals surface area (Å²) in [6, 6.07) is 0. The standard InChI is InChI=1S/C6H5ClN2O2S/c7-3-2-8-6(12)9-4(3)1-5(10)11/h2H,1H2,(H,10,11)(H,8,9,12). The summed E-state index contributed by atoms with van der Waals surface area (Å²) in [4.78, 5) is 16.6. The van der Waals surface area contributed by atoms with Crippen LogP contribution in [0.15, 0.2) is 6.20 Å². The quantitative estimate of drug-likeness (QED) is 0.716. The van der Waals surface area contributed by atoms with Crippen molar-refractivity contribution in [1.29, 1.82) is 0 Å². The molecule has 0 bridgehead atoms. The largest absolute Gasteiger partial charge is 0.481 e. The lowest BCUT2D eigenvalue weighted by atomic mass is 10.3. The lowest BCUT2D eigenvalue weighted by Gasteiger charge is -1.98. The lowest BCUT2D eigenvalue weighted by Crippen LogP contribution is -2.03. The van der Waals surface area contributed by atoms with Gasteiger partial charge in [-0.1, -0.05) is 11.6 Å². The van der Waals surface area contributed by atoms with Gasteiger partial charge in [-0.2, -0.15) is 0 Å². The third-order valence-corrected chi connectivity index (χ3v) is 1.70. The van der Waals surface area contributed by atoms with E-state index < -0.39 is 5.97 Å². The van der Waals surface area contributed by atoms with Gasteiger partial charge in [-0.3, -0.25) is 4.79 Å². The number of aliphatic carboxylic acids is 1. The van der Waals surface area contributed by atoms with Crippen LogP contribution in [0.1, 0.15) is 5.69 Å². The maximum Gasteiger partial charge on any atom is 0.309 e. The van der Waals surface area contributed by atoms with Crippen LogP contribution >= 0.6 is 23.8 Å². The Hall–Kier alpha value is -0.940. The highest BCUT2D eigenvalue weighted by Gasteiger charge is 2.05. The van der Waals surface area contributed by atoms with Crippen molar-refractivity contribution in [1.82, 2.24) is 9.97 Å². The number of aromatic nitrogens is 2. The fourth-order valence-electron chi connectivity index (χ4n) is 0.694. The van der Waals surface area contributed by atoms with Crippen LogP contribution in [0.5, 0.6) is 0 Å². The Morgan fingerprint density at radius 1 is 1.83 bits per heavy atom. The Bertz CT molecular complexity index is 363. The van der Waals surface area contributed by atoms with E-state index in [1.54, 1.807) is 0 Å². The average Bonchev–Trinajstić information content (AvgIpc) is 1.96. The first-order chi connectivity index (χ1) is 5.59. The van der Waals surface area contributed by atoms with Crippen molar-refractivity contribution in [2.24, 2.45) is 0 Å². The lowest BCUT2D eigenvalue weighted by molar-refractivity contribution is -0.136. The molecule has 0 aliphatic carbocycles. The molecule has 1 aromatic rings. The first-order valence-corrected chi connectivity index (χ1v) is 3.83. The molecule has 1 aromatic heterocycles. The van der Waals surface area contributed by atoms with Crippen molar-refractivity contribution in [3.05, 3.63) is 21.7 Å². The van der Waals surface area contributed by atoms with Crippen molar-refractivity contribution in [3.63, 3.8) is 0 Å². The number of hydrogen-bond donors (Lipinski definition) is 2. The Labute approximate surface area is 78.2 Å². The number of carbonyl (C=O) groups is 1. The van der Waals surface area contributed by atoms with E-state index in [1.165, 1.54) is 6.20 Å². The highest BCUT2D eigenvalue weighted by atomic mass is 35.5. The first-order valence-electron chi connectivity index (χ1n) is 3.05. The molecular formula is C6H5ClN2O2S. The van der Waals surface area contributed by atoms with Gasteiger partial charge in [0.25, 0.3) is 0 Å². The SMILES string of the molecule is O=C(O)Cc1[nH]c(=S)ncc1Cl. The number of halogens is 1. The Morgan fingerprint density at radius 3 is 3.08 bits per heavy atom. The molecule has 0 aliphatic rings. The molecule has 0 spiro atoms. The van der Waals surface area contributed by atoms with E-state index >= 15 is 0 Å². The van der Waals surface area contributed by atoms with Gasteiger partial charge in [-0.25, -0.2) is 4.98 Å². The summed E-state index contributed by atoms with van der Waals surface area (Å²) in [7, 11) is 0. The average molecular weight is 205 g/mol. The molecule has 0 fully saturated rings. The van der Waals surface area contributed by atoms with Gasteiger partial charge in [-0.05, 0) is 12.2 Å². The van der Waals surface area contributed by atoms with Crippen LogP contribution in [0.2, 0.25) is 5.02 Å². The van der Waals surface area contributed by atoms with Crippen LogP contribution in [-0.4, -0.2) is 21.0 Å².